The molecule has 1 aromatic heterocycles. The first kappa shape index (κ1) is 12.0. The van der Waals surface area contributed by atoms with E-state index in [4.69, 9.17) is 10.3 Å². The highest BCUT2D eigenvalue weighted by atomic mass is 16.5. The van der Waals surface area contributed by atoms with Crippen LogP contribution in [0.25, 0.3) is 0 Å². The number of nitrogens with zero attached hydrogens (tertiary/aromatic N) is 2. The second-order valence-electron chi connectivity index (χ2n) is 4.36. The van der Waals surface area contributed by atoms with Gasteiger partial charge in [0, 0.05) is 5.92 Å². The summed E-state index contributed by atoms with van der Waals surface area (Å²) in [6.07, 6.45) is 6.03. The Kier molecular flexibility index (Phi) is 4.08. The molecule has 17 heavy (non-hydrogen) atoms. The number of aromatic nitrogens is 2. The Balaban J connectivity index is 1.88. The van der Waals surface area contributed by atoms with E-state index in [1.807, 2.05) is 0 Å². The molecule has 6 nitrogen and oxygen atoms in total. The Hall–Kier alpha value is -1.43. The molecule has 0 radical (unpaired) electrons. The van der Waals surface area contributed by atoms with E-state index in [0.29, 0.717) is 11.8 Å². The van der Waals surface area contributed by atoms with Crippen molar-refractivity contribution < 1.29 is 9.32 Å². The lowest BCUT2D eigenvalue weighted by atomic mass is 9.89. The van der Waals surface area contributed by atoms with Crippen LogP contribution < -0.4 is 11.1 Å². The van der Waals surface area contributed by atoms with Crippen molar-refractivity contribution in [1.29, 1.82) is 0 Å². The van der Waals surface area contributed by atoms with Gasteiger partial charge in [-0.1, -0.05) is 24.4 Å². The predicted octanol–water partition coefficient (Wildman–Crippen LogP) is 0.692. The molecule has 1 fully saturated rings. The summed E-state index contributed by atoms with van der Waals surface area (Å²) in [5, 5.41) is 6.58. The summed E-state index contributed by atoms with van der Waals surface area (Å²) in [4.78, 5) is 15.3. The molecule has 0 aromatic carbocycles. The summed E-state index contributed by atoms with van der Waals surface area (Å²) in [7, 11) is 0. The van der Waals surface area contributed by atoms with Crippen molar-refractivity contribution >= 4 is 5.91 Å². The number of hydrogen-bond donors (Lipinski definition) is 2. The van der Waals surface area contributed by atoms with E-state index in [1.54, 1.807) is 0 Å². The number of nitrogens with two attached hydrogens (primary N) is 1. The highest BCUT2D eigenvalue weighted by Gasteiger charge is 2.20. The molecular weight excluding hydrogens is 220 g/mol. The standard InChI is InChI=1S/C11H18N4O2/c12-6-9(16)13-7-10-14-11(15-17-10)8-4-2-1-3-5-8/h8H,1-7,12H2,(H,13,16). The maximum atomic E-state index is 11.0. The fraction of sp³-hybridized carbons (Fsp3) is 0.727. The zero-order valence-corrected chi connectivity index (χ0v) is 9.82. The normalized spacial score (nSPS) is 17.0. The third kappa shape index (κ3) is 3.26. The molecule has 1 amide bonds. The summed E-state index contributed by atoms with van der Waals surface area (Å²) in [6.45, 7) is 0.235. The fourth-order valence-electron chi connectivity index (χ4n) is 2.11. The summed E-state index contributed by atoms with van der Waals surface area (Å²) < 4.78 is 5.10. The summed E-state index contributed by atoms with van der Waals surface area (Å²) in [5.41, 5.74) is 5.18. The molecule has 1 aromatic rings. The zero-order chi connectivity index (χ0) is 12.1. The predicted molar refractivity (Wildman–Crippen MR) is 61.0 cm³/mol. The maximum absolute atomic E-state index is 11.0. The summed E-state index contributed by atoms with van der Waals surface area (Å²) in [5.74, 6) is 1.43. The molecule has 2 rings (SSSR count). The van der Waals surface area contributed by atoms with Gasteiger partial charge in [0.15, 0.2) is 5.82 Å². The Morgan fingerprint density at radius 1 is 1.41 bits per heavy atom. The zero-order valence-electron chi connectivity index (χ0n) is 9.82. The second-order valence-corrected chi connectivity index (χ2v) is 4.36. The Labute approximate surface area is 99.9 Å². The minimum atomic E-state index is -0.220. The average Bonchev–Trinajstić information content (AvgIpc) is 2.86. The third-order valence-electron chi connectivity index (χ3n) is 3.08. The topological polar surface area (TPSA) is 94.0 Å². The molecule has 1 heterocycles. The van der Waals surface area contributed by atoms with E-state index >= 15 is 0 Å². The molecule has 1 saturated carbocycles. The van der Waals surface area contributed by atoms with Crippen molar-refractivity contribution in [3.8, 4) is 0 Å². The van der Waals surface area contributed by atoms with E-state index in [-0.39, 0.29) is 19.0 Å². The first-order chi connectivity index (χ1) is 8.29. The molecule has 0 atom stereocenters. The van der Waals surface area contributed by atoms with Crippen LogP contribution in [0.1, 0.15) is 49.7 Å². The molecular formula is C11H18N4O2. The van der Waals surface area contributed by atoms with Gasteiger partial charge in [0.05, 0.1) is 13.1 Å². The highest BCUT2D eigenvalue weighted by molar-refractivity contribution is 5.77. The smallest absolute Gasteiger partial charge is 0.246 e. The van der Waals surface area contributed by atoms with Gasteiger partial charge in [-0.2, -0.15) is 4.98 Å². The Bertz CT molecular complexity index is 371. The maximum Gasteiger partial charge on any atom is 0.246 e. The van der Waals surface area contributed by atoms with Crippen molar-refractivity contribution in [2.75, 3.05) is 6.54 Å². The number of carbonyl (C=O) groups is 1. The van der Waals surface area contributed by atoms with Crippen molar-refractivity contribution in [1.82, 2.24) is 15.5 Å². The van der Waals surface area contributed by atoms with Crippen molar-refractivity contribution in [2.45, 2.75) is 44.6 Å². The lowest BCUT2D eigenvalue weighted by molar-refractivity contribution is -0.120. The van der Waals surface area contributed by atoms with E-state index in [0.717, 1.165) is 18.7 Å². The van der Waals surface area contributed by atoms with Crippen LogP contribution in [0.3, 0.4) is 0 Å². The minimum absolute atomic E-state index is 0.0242. The van der Waals surface area contributed by atoms with Gasteiger partial charge < -0.3 is 15.6 Å². The lowest BCUT2D eigenvalue weighted by Gasteiger charge is -2.17. The highest BCUT2D eigenvalue weighted by Crippen LogP contribution is 2.30. The quantitative estimate of drug-likeness (QED) is 0.805. The molecule has 3 N–H and O–H groups in total. The summed E-state index contributed by atoms with van der Waals surface area (Å²) >= 11 is 0. The van der Waals surface area contributed by atoms with E-state index in [9.17, 15) is 4.79 Å². The van der Waals surface area contributed by atoms with Gasteiger partial charge in [-0.25, -0.2) is 0 Å². The van der Waals surface area contributed by atoms with E-state index in [2.05, 4.69) is 15.5 Å². The van der Waals surface area contributed by atoms with Crippen molar-refractivity contribution in [2.24, 2.45) is 5.73 Å². The number of rotatable bonds is 4. The van der Waals surface area contributed by atoms with Crippen LogP contribution in [0.15, 0.2) is 4.52 Å². The number of hydrogen-bond acceptors (Lipinski definition) is 5. The van der Waals surface area contributed by atoms with Crippen molar-refractivity contribution in [3.63, 3.8) is 0 Å². The largest absolute Gasteiger partial charge is 0.346 e. The van der Waals surface area contributed by atoms with Crippen LogP contribution >= 0.6 is 0 Å². The number of amides is 1. The van der Waals surface area contributed by atoms with Crippen LogP contribution in [0.4, 0.5) is 0 Å². The van der Waals surface area contributed by atoms with Gasteiger partial charge >= 0.3 is 0 Å². The van der Waals surface area contributed by atoms with Gasteiger partial charge in [0.2, 0.25) is 11.8 Å². The molecule has 1 aliphatic rings. The van der Waals surface area contributed by atoms with E-state index in [1.165, 1.54) is 19.3 Å². The van der Waals surface area contributed by atoms with Gasteiger partial charge in [0.1, 0.15) is 0 Å². The SMILES string of the molecule is NCC(=O)NCc1nc(C2CCCCC2)no1. The number of carbonyl (C=O) groups excluding carboxylic acids is 1. The monoisotopic (exact) mass is 238 g/mol. The molecule has 94 valence electrons. The first-order valence-electron chi connectivity index (χ1n) is 6.09. The summed E-state index contributed by atoms with van der Waals surface area (Å²) in [6, 6.07) is 0. The van der Waals surface area contributed by atoms with Crippen LogP contribution in [-0.4, -0.2) is 22.6 Å². The molecule has 0 bridgehead atoms. The third-order valence-corrected chi connectivity index (χ3v) is 3.08. The lowest BCUT2D eigenvalue weighted by Crippen LogP contribution is -2.29. The van der Waals surface area contributed by atoms with E-state index < -0.39 is 0 Å². The molecule has 0 spiro atoms. The molecule has 0 saturated heterocycles. The molecule has 1 aliphatic carbocycles. The van der Waals surface area contributed by atoms with Gasteiger partial charge in [-0.05, 0) is 12.8 Å². The molecule has 0 aliphatic heterocycles. The molecule has 6 heteroatoms. The second kappa shape index (κ2) is 5.77. The van der Waals surface area contributed by atoms with Gasteiger partial charge in [-0.3, -0.25) is 4.79 Å². The van der Waals surface area contributed by atoms with Crippen LogP contribution in [0.2, 0.25) is 0 Å². The molecule has 0 unspecified atom stereocenters. The minimum Gasteiger partial charge on any atom is -0.346 e. The Morgan fingerprint density at radius 2 is 2.18 bits per heavy atom. The van der Waals surface area contributed by atoms with Crippen LogP contribution in [0.5, 0.6) is 0 Å². The Morgan fingerprint density at radius 3 is 2.88 bits per heavy atom. The first-order valence-corrected chi connectivity index (χ1v) is 6.09. The van der Waals surface area contributed by atoms with Crippen molar-refractivity contribution in [3.05, 3.63) is 11.7 Å². The van der Waals surface area contributed by atoms with Crippen LogP contribution in [-0.2, 0) is 11.3 Å². The average molecular weight is 238 g/mol. The van der Waals surface area contributed by atoms with Gasteiger partial charge in [0.25, 0.3) is 0 Å². The van der Waals surface area contributed by atoms with Crippen LogP contribution in [0, 0.1) is 0 Å². The van der Waals surface area contributed by atoms with Gasteiger partial charge in [-0.15, -0.1) is 0 Å². The number of nitrogens with one attached hydrogen (secondary N) is 1. The fourth-order valence-corrected chi connectivity index (χ4v) is 2.11.